The van der Waals surface area contributed by atoms with Gasteiger partial charge >= 0.3 is 0 Å². The topological polar surface area (TPSA) is 72.9 Å². The Morgan fingerprint density at radius 1 is 1.33 bits per heavy atom. The Morgan fingerprint density at radius 2 is 2.12 bits per heavy atom. The van der Waals surface area contributed by atoms with E-state index in [1.54, 1.807) is 0 Å². The van der Waals surface area contributed by atoms with E-state index in [2.05, 4.69) is 22.4 Å². The van der Waals surface area contributed by atoms with Crippen LogP contribution in [0.25, 0.3) is 0 Å². The lowest BCUT2D eigenvalue weighted by Crippen LogP contribution is -2.51. The van der Waals surface area contributed by atoms with Crippen molar-refractivity contribution in [3.05, 3.63) is 12.2 Å². The van der Waals surface area contributed by atoms with E-state index in [4.69, 9.17) is 0 Å². The number of aliphatic hydroxyl groups is 1. The van der Waals surface area contributed by atoms with Crippen LogP contribution in [0.1, 0.15) is 45.4 Å². The molecule has 0 aromatic heterocycles. The Morgan fingerprint density at radius 3 is 2.88 bits per heavy atom. The molecule has 0 aromatic rings. The van der Waals surface area contributed by atoms with E-state index < -0.39 is 6.10 Å². The van der Waals surface area contributed by atoms with Gasteiger partial charge in [0, 0.05) is 38.6 Å². The molecule has 2 N–H and O–H groups in total. The first-order valence-corrected chi connectivity index (χ1v) is 9.22. The molecule has 24 heavy (non-hydrogen) atoms. The number of hydrogen-bond donors (Lipinski definition) is 2. The zero-order valence-corrected chi connectivity index (χ0v) is 14.7. The summed E-state index contributed by atoms with van der Waals surface area (Å²) < 4.78 is 0. The normalized spacial score (nSPS) is 28.8. The lowest BCUT2D eigenvalue weighted by molar-refractivity contribution is -0.122. The van der Waals surface area contributed by atoms with E-state index >= 15 is 0 Å². The van der Waals surface area contributed by atoms with Crippen molar-refractivity contribution in [2.75, 3.05) is 26.2 Å². The van der Waals surface area contributed by atoms with Gasteiger partial charge in [-0.2, -0.15) is 0 Å². The van der Waals surface area contributed by atoms with Gasteiger partial charge in [-0.05, 0) is 32.1 Å². The van der Waals surface area contributed by atoms with Crippen molar-refractivity contribution in [2.45, 2.75) is 63.6 Å². The van der Waals surface area contributed by atoms with Crippen LogP contribution in [0, 0.1) is 0 Å². The van der Waals surface area contributed by atoms with Crippen LogP contribution in [0.4, 0.5) is 0 Å². The highest BCUT2D eigenvalue weighted by Crippen LogP contribution is 2.23. The predicted octanol–water partition coefficient (Wildman–Crippen LogP) is 0.905. The largest absolute Gasteiger partial charge is 0.391 e. The van der Waals surface area contributed by atoms with Gasteiger partial charge in [0.1, 0.15) is 0 Å². The Bertz CT molecular complexity index is 441. The molecule has 2 amide bonds. The summed E-state index contributed by atoms with van der Waals surface area (Å²) in [5, 5.41) is 13.3. The summed E-state index contributed by atoms with van der Waals surface area (Å²) in [4.78, 5) is 27.5. The fourth-order valence-corrected chi connectivity index (χ4v) is 3.61. The summed E-state index contributed by atoms with van der Waals surface area (Å²) in [5.41, 5.74) is 0. The molecule has 0 saturated carbocycles. The number of carbonyl (C=O) groups is 2. The van der Waals surface area contributed by atoms with Gasteiger partial charge in [0.05, 0.1) is 12.1 Å². The van der Waals surface area contributed by atoms with Crippen molar-refractivity contribution < 1.29 is 14.7 Å². The summed E-state index contributed by atoms with van der Waals surface area (Å²) in [6.45, 7) is 4.89. The fourth-order valence-electron chi connectivity index (χ4n) is 3.61. The molecule has 2 aliphatic rings. The third kappa shape index (κ3) is 5.31. The van der Waals surface area contributed by atoms with Gasteiger partial charge in [0.15, 0.2) is 0 Å². The summed E-state index contributed by atoms with van der Waals surface area (Å²) in [6.07, 6.45) is 9.29. The Hall–Kier alpha value is -1.40. The lowest BCUT2D eigenvalue weighted by atomic mass is 9.94. The molecule has 0 bridgehead atoms. The SMILES string of the molecule is CCC(O)C1C=CCC2CC(=O)NCCCCN(C=O)CCCN21. The highest BCUT2D eigenvalue weighted by molar-refractivity contribution is 5.76. The molecule has 6 heteroatoms. The standard InChI is InChI=1S/C18H31N3O3/c1-2-17(23)16-8-5-7-15-13-18(24)19-9-3-4-10-20(14-22)11-6-12-21(15)16/h5,8,14-17,23H,2-4,6-7,9-13H2,1H3,(H,19,24). The van der Waals surface area contributed by atoms with Gasteiger partial charge in [0.2, 0.25) is 12.3 Å². The number of carbonyl (C=O) groups excluding carboxylic acids is 2. The lowest BCUT2D eigenvalue weighted by Gasteiger charge is -2.41. The maximum absolute atomic E-state index is 12.2. The average molecular weight is 337 g/mol. The van der Waals surface area contributed by atoms with E-state index in [9.17, 15) is 14.7 Å². The van der Waals surface area contributed by atoms with Crippen LogP contribution in [0.5, 0.6) is 0 Å². The van der Waals surface area contributed by atoms with Crippen LogP contribution in [-0.4, -0.2) is 71.6 Å². The molecule has 2 aliphatic heterocycles. The number of nitrogens with zero attached hydrogens (tertiary/aromatic N) is 2. The molecule has 3 unspecified atom stereocenters. The van der Waals surface area contributed by atoms with Crippen molar-refractivity contribution in [3.63, 3.8) is 0 Å². The number of rotatable bonds is 3. The molecule has 0 radical (unpaired) electrons. The molecule has 1 saturated heterocycles. The van der Waals surface area contributed by atoms with Gasteiger partial charge in [-0.15, -0.1) is 0 Å². The molecule has 0 aliphatic carbocycles. The second-order valence-electron chi connectivity index (χ2n) is 6.78. The Kier molecular flexibility index (Phi) is 7.72. The fraction of sp³-hybridized carbons (Fsp3) is 0.778. The number of fused-ring (bicyclic) bond motifs is 1. The van der Waals surface area contributed by atoms with Crippen LogP contribution < -0.4 is 5.32 Å². The molecule has 3 atom stereocenters. The number of aliphatic hydroxyl groups excluding tert-OH is 1. The molecule has 2 rings (SSSR count). The number of amides is 2. The first kappa shape index (κ1) is 18.9. The summed E-state index contributed by atoms with van der Waals surface area (Å²) >= 11 is 0. The van der Waals surface area contributed by atoms with Gasteiger partial charge in [-0.1, -0.05) is 19.1 Å². The van der Waals surface area contributed by atoms with E-state index in [1.807, 2.05) is 11.8 Å². The second kappa shape index (κ2) is 9.79. The predicted molar refractivity (Wildman–Crippen MR) is 93.5 cm³/mol. The second-order valence-corrected chi connectivity index (χ2v) is 6.78. The van der Waals surface area contributed by atoms with Crippen molar-refractivity contribution in [3.8, 4) is 0 Å². The van der Waals surface area contributed by atoms with Crippen LogP contribution in [-0.2, 0) is 9.59 Å². The van der Waals surface area contributed by atoms with Gasteiger partial charge in [-0.25, -0.2) is 0 Å². The minimum Gasteiger partial charge on any atom is -0.391 e. The zero-order valence-electron chi connectivity index (χ0n) is 14.7. The summed E-state index contributed by atoms with van der Waals surface area (Å²) in [7, 11) is 0. The minimum atomic E-state index is -0.426. The first-order valence-electron chi connectivity index (χ1n) is 9.22. The molecule has 0 spiro atoms. The molecular formula is C18H31N3O3. The van der Waals surface area contributed by atoms with Crippen molar-refractivity contribution in [1.82, 2.24) is 15.1 Å². The number of hydrogen-bond acceptors (Lipinski definition) is 4. The van der Waals surface area contributed by atoms with Crippen molar-refractivity contribution >= 4 is 12.3 Å². The average Bonchev–Trinajstić information content (AvgIpc) is 2.61. The molecular weight excluding hydrogens is 306 g/mol. The summed E-state index contributed by atoms with van der Waals surface area (Å²) in [5.74, 6) is 0.0801. The van der Waals surface area contributed by atoms with Crippen LogP contribution >= 0.6 is 0 Å². The van der Waals surface area contributed by atoms with E-state index in [0.29, 0.717) is 19.4 Å². The maximum atomic E-state index is 12.2. The van der Waals surface area contributed by atoms with E-state index in [-0.39, 0.29) is 18.0 Å². The van der Waals surface area contributed by atoms with Crippen LogP contribution in [0.15, 0.2) is 12.2 Å². The first-order chi connectivity index (χ1) is 11.7. The third-order valence-electron chi connectivity index (χ3n) is 5.03. The van der Waals surface area contributed by atoms with Crippen molar-refractivity contribution in [2.24, 2.45) is 0 Å². The van der Waals surface area contributed by atoms with E-state index in [0.717, 1.165) is 51.7 Å². The quantitative estimate of drug-likeness (QED) is 0.593. The number of nitrogens with one attached hydrogen (secondary N) is 1. The van der Waals surface area contributed by atoms with Crippen LogP contribution in [0.3, 0.4) is 0 Å². The molecule has 6 nitrogen and oxygen atoms in total. The van der Waals surface area contributed by atoms with Gasteiger partial charge in [0.25, 0.3) is 0 Å². The zero-order chi connectivity index (χ0) is 17.4. The monoisotopic (exact) mass is 337 g/mol. The van der Waals surface area contributed by atoms with Crippen molar-refractivity contribution in [1.29, 1.82) is 0 Å². The van der Waals surface area contributed by atoms with Gasteiger partial charge in [-0.3, -0.25) is 14.5 Å². The maximum Gasteiger partial charge on any atom is 0.221 e. The van der Waals surface area contributed by atoms with Gasteiger partial charge < -0.3 is 15.3 Å². The Balaban J connectivity index is 2.11. The molecule has 2 heterocycles. The van der Waals surface area contributed by atoms with E-state index in [1.165, 1.54) is 0 Å². The van der Waals surface area contributed by atoms with Crippen LogP contribution in [0.2, 0.25) is 0 Å². The molecule has 1 fully saturated rings. The third-order valence-corrected chi connectivity index (χ3v) is 5.03. The molecule has 136 valence electrons. The minimum absolute atomic E-state index is 0.0450. The Labute approximate surface area is 144 Å². The highest BCUT2D eigenvalue weighted by atomic mass is 16.3. The molecule has 0 aromatic carbocycles. The smallest absolute Gasteiger partial charge is 0.221 e. The highest BCUT2D eigenvalue weighted by Gasteiger charge is 2.32. The summed E-state index contributed by atoms with van der Waals surface area (Å²) in [6, 6.07) is 0.0722.